The van der Waals surface area contributed by atoms with E-state index in [0.717, 1.165) is 0 Å². The van der Waals surface area contributed by atoms with Crippen molar-refractivity contribution in [3.05, 3.63) is 46.0 Å². The largest absolute Gasteiger partial charge is 0.497 e. The predicted octanol–water partition coefficient (Wildman–Crippen LogP) is 3.45. The van der Waals surface area contributed by atoms with Crippen molar-refractivity contribution in [1.29, 1.82) is 0 Å². The first kappa shape index (κ1) is 19.9. The van der Waals surface area contributed by atoms with E-state index in [4.69, 9.17) is 9.47 Å². The van der Waals surface area contributed by atoms with Crippen LogP contribution >= 0.6 is 0 Å². The summed E-state index contributed by atoms with van der Waals surface area (Å²) in [4.78, 5) is 38.3. The van der Waals surface area contributed by atoms with Crippen LogP contribution in [0.15, 0.2) is 30.4 Å². The van der Waals surface area contributed by atoms with Gasteiger partial charge in [-0.2, -0.15) is 0 Å². The van der Waals surface area contributed by atoms with Gasteiger partial charge in [-0.1, -0.05) is 19.1 Å². The van der Waals surface area contributed by atoms with Crippen LogP contribution in [0.1, 0.15) is 37.7 Å². The standard InChI is InChI=1S/C20H24N2O6/c1-4-20-9-5-11-21(19(24)28-3)18(20)17(16(23)8-10-20)14-7-6-13(27-2)12-15(14)22(25)26/h5-7,9,12,17-18H,4,8,10-11H2,1-3H3/t17-,18-,20+/m0/s1. The molecule has 0 unspecified atom stereocenters. The summed E-state index contributed by atoms with van der Waals surface area (Å²) in [5.41, 5.74) is -0.301. The lowest BCUT2D eigenvalue weighted by Gasteiger charge is -2.51. The third kappa shape index (κ3) is 3.12. The van der Waals surface area contributed by atoms with Gasteiger partial charge in [-0.3, -0.25) is 19.8 Å². The number of fused-ring (bicyclic) bond motifs is 1. The van der Waals surface area contributed by atoms with Crippen molar-refractivity contribution < 1.29 is 24.0 Å². The van der Waals surface area contributed by atoms with Gasteiger partial charge >= 0.3 is 6.09 Å². The zero-order chi connectivity index (χ0) is 20.5. The van der Waals surface area contributed by atoms with Crippen LogP contribution in [0.5, 0.6) is 5.75 Å². The van der Waals surface area contributed by atoms with Gasteiger partial charge < -0.3 is 9.47 Å². The molecule has 8 heteroatoms. The molecule has 1 heterocycles. The molecule has 0 radical (unpaired) electrons. The molecule has 3 rings (SSSR count). The van der Waals surface area contributed by atoms with E-state index in [1.54, 1.807) is 12.1 Å². The first-order chi connectivity index (χ1) is 13.4. The quantitative estimate of drug-likeness (QED) is 0.445. The number of carbonyl (C=O) groups is 2. The molecule has 1 fully saturated rings. The highest BCUT2D eigenvalue weighted by atomic mass is 16.6. The van der Waals surface area contributed by atoms with Gasteiger partial charge in [-0.25, -0.2) is 4.79 Å². The number of nitrogens with zero attached hydrogens (tertiary/aromatic N) is 2. The monoisotopic (exact) mass is 388 g/mol. The highest BCUT2D eigenvalue weighted by molar-refractivity contribution is 5.90. The van der Waals surface area contributed by atoms with E-state index in [1.165, 1.54) is 25.2 Å². The van der Waals surface area contributed by atoms with Gasteiger partial charge in [0.05, 0.1) is 37.2 Å². The average Bonchev–Trinajstić information content (AvgIpc) is 2.72. The van der Waals surface area contributed by atoms with Gasteiger partial charge in [0.15, 0.2) is 0 Å². The van der Waals surface area contributed by atoms with Crippen molar-refractivity contribution >= 4 is 17.6 Å². The fourth-order valence-electron chi connectivity index (χ4n) is 4.58. The number of methoxy groups -OCH3 is 2. The molecule has 3 atom stereocenters. The molecule has 0 saturated heterocycles. The summed E-state index contributed by atoms with van der Waals surface area (Å²) in [6, 6.07) is 3.97. The molecule has 0 bridgehead atoms. The number of nitro groups is 1. The molecule has 1 aromatic rings. The third-order valence-electron chi connectivity index (χ3n) is 6.01. The Balaban J connectivity index is 2.20. The van der Waals surface area contributed by atoms with E-state index in [2.05, 4.69) is 6.08 Å². The third-order valence-corrected chi connectivity index (χ3v) is 6.01. The summed E-state index contributed by atoms with van der Waals surface area (Å²) >= 11 is 0. The molecule has 8 nitrogen and oxygen atoms in total. The Morgan fingerprint density at radius 3 is 2.75 bits per heavy atom. The van der Waals surface area contributed by atoms with E-state index < -0.39 is 28.4 Å². The number of benzene rings is 1. The SMILES string of the molecule is CC[C@]12C=CCN(C(=O)OC)[C@H]1[C@@H](c1ccc(OC)cc1[N+](=O)[O-])C(=O)CC2. The van der Waals surface area contributed by atoms with Crippen molar-refractivity contribution in [3.8, 4) is 5.75 Å². The normalized spacial score (nSPS) is 26.5. The van der Waals surface area contributed by atoms with E-state index in [-0.39, 0.29) is 11.5 Å². The zero-order valence-corrected chi connectivity index (χ0v) is 16.2. The average molecular weight is 388 g/mol. The lowest BCUT2D eigenvalue weighted by atomic mass is 9.60. The van der Waals surface area contributed by atoms with Crippen molar-refractivity contribution in [2.75, 3.05) is 20.8 Å². The summed E-state index contributed by atoms with van der Waals surface area (Å²) in [6.07, 6.45) is 5.03. The molecule has 1 amide bonds. The van der Waals surface area contributed by atoms with Gasteiger partial charge in [0.25, 0.3) is 5.69 Å². The van der Waals surface area contributed by atoms with Gasteiger partial charge in [0.1, 0.15) is 11.5 Å². The molecule has 28 heavy (non-hydrogen) atoms. The Labute approximate surface area is 163 Å². The number of nitro benzene ring substituents is 1. The van der Waals surface area contributed by atoms with Gasteiger partial charge in [-0.15, -0.1) is 0 Å². The minimum absolute atomic E-state index is 0.105. The van der Waals surface area contributed by atoms with Crippen LogP contribution in [0, 0.1) is 15.5 Å². The summed E-state index contributed by atoms with van der Waals surface area (Å²) in [6.45, 7) is 2.31. The fourth-order valence-corrected chi connectivity index (χ4v) is 4.58. The molecule has 0 aromatic heterocycles. The second-order valence-corrected chi connectivity index (χ2v) is 7.18. The van der Waals surface area contributed by atoms with E-state index in [0.29, 0.717) is 37.1 Å². The number of ether oxygens (including phenoxy) is 2. The minimum atomic E-state index is -0.802. The maximum Gasteiger partial charge on any atom is 0.410 e. The molecular weight excluding hydrogens is 364 g/mol. The highest BCUT2D eigenvalue weighted by Gasteiger charge is 2.54. The van der Waals surface area contributed by atoms with Crippen LogP contribution in [0.3, 0.4) is 0 Å². The van der Waals surface area contributed by atoms with Crippen molar-refractivity contribution in [1.82, 2.24) is 4.90 Å². The minimum Gasteiger partial charge on any atom is -0.497 e. The topological polar surface area (TPSA) is 99.0 Å². The molecular formula is C20H24N2O6. The molecule has 150 valence electrons. The second kappa shape index (κ2) is 7.61. The zero-order valence-electron chi connectivity index (χ0n) is 16.2. The van der Waals surface area contributed by atoms with Crippen LogP contribution < -0.4 is 4.74 Å². The smallest absolute Gasteiger partial charge is 0.410 e. The number of carbonyl (C=O) groups excluding carboxylic acids is 2. The first-order valence-corrected chi connectivity index (χ1v) is 9.26. The Hall–Kier alpha value is -2.90. The Morgan fingerprint density at radius 2 is 2.14 bits per heavy atom. The first-order valence-electron chi connectivity index (χ1n) is 9.26. The Bertz CT molecular complexity index is 836. The number of rotatable bonds is 4. The van der Waals surface area contributed by atoms with Crippen LogP contribution in [0.2, 0.25) is 0 Å². The molecule has 1 aliphatic heterocycles. The molecule has 0 spiro atoms. The lowest BCUT2D eigenvalue weighted by molar-refractivity contribution is -0.385. The maximum absolute atomic E-state index is 13.0. The van der Waals surface area contributed by atoms with Gasteiger partial charge in [0, 0.05) is 23.9 Å². The van der Waals surface area contributed by atoms with Crippen molar-refractivity contribution in [2.24, 2.45) is 5.41 Å². The van der Waals surface area contributed by atoms with Crippen LogP contribution in [-0.2, 0) is 9.53 Å². The number of ketones is 1. The maximum atomic E-state index is 13.0. The number of hydrogen-bond donors (Lipinski definition) is 0. The molecule has 2 aliphatic rings. The predicted molar refractivity (Wildman–Crippen MR) is 101 cm³/mol. The number of amides is 1. The summed E-state index contributed by atoms with van der Waals surface area (Å²) in [5.74, 6) is -0.565. The van der Waals surface area contributed by atoms with Gasteiger partial charge in [-0.05, 0) is 25.0 Å². The fraction of sp³-hybridized carbons (Fsp3) is 0.500. The van der Waals surface area contributed by atoms with Gasteiger partial charge in [0.2, 0.25) is 0 Å². The summed E-state index contributed by atoms with van der Waals surface area (Å²) in [7, 11) is 2.72. The summed E-state index contributed by atoms with van der Waals surface area (Å²) in [5, 5.41) is 11.7. The second-order valence-electron chi connectivity index (χ2n) is 7.18. The van der Waals surface area contributed by atoms with Crippen LogP contribution in [0.25, 0.3) is 0 Å². The molecule has 0 N–H and O–H groups in total. The highest BCUT2D eigenvalue weighted by Crippen LogP contribution is 2.51. The van der Waals surface area contributed by atoms with Crippen LogP contribution in [-0.4, -0.2) is 48.5 Å². The Kier molecular flexibility index (Phi) is 5.40. The van der Waals surface area contributed by atoms with Crippen LogP contribution in [0.4, 0.5) is 10.5 Å². The molecule has 1 aliphatic carbocycles. The lowest BCUT2D eigenvalue weighted by Crippen LogP contribution is -2.58. The van der Waals surface area contributed by atoms with E-state index >= 15 is 0 Å². The van der Waals surface area contributed by atoms with Crippen molar-refractivity contribution in [2.45, 2.75) is 38.1 Å². The van der Waals surface area contributed by atoms with Crippen molar-refractivity contribution in [3.63, 3.8) is 0 Å². The molecule has 1 saturated carbocycles. The number of hydrogen-bond acceptors (Lipinski definition) is 6. The molecule has 1 aromatic carbocycles. The summed E-state index contributed by atoms with van der Waals surface area (Å²) < 4.78 is 10.1. The van der Waals surface area contributed by atoms with E-state index in [1.807, 2.05) is 13.0 Å². The Morgan fingerprint density at radius 1 is 1.39 bits per heavy atom. The number of Topliss-reactive ketones (excluding diaryl/α,β-unsaturated/α-hetero) is 1. The van der Waals surface area contributed by atoms with E-state index in [9.17, 15) is 19.7 Å².